The van der Waals surface area contributed by atoms with Gasteiger partial charge in [-0.2, -0.15) is 0 Å². The largest absolute Gasteiger partial charge is 0.384 e. The van der Waals surface area contributed by atoms with Gasteiger partial charge in [-0.3, -0.25) is 0 Å². The Morgan fingerprint density at radius 1 is 0.950 bits per heavy atom. The Morgan fingerprint density at radius 2 is 1.60 bits per heavy atom. The third-order valence-electron chi connectivity index (χ3n) is 4.11. The van der Waals surface area contributed by atoms with Gasteiger partial charge in [0.1, 0.15) is 6.10 Å². The number of aliphatic hydroxyl groups excluding tert-OH is 1. The molecule has 20 heavy (non-hydrogen) atoms. The average molecular weight is 268 g/mol. The van der Waals surface area contributed by atoms with Crippen molar-refractivity contribution in [3.63, 3.8) is 0 Å². The highest BCUT2D eigenvalue weighted by Gasteiger charge is 2.18. The zero-order valence-corrected chi connectivity index (χ0v) is 12.9. The summed E-state index contributed by atoms with van der Waals surface area (Å²) >= 11 is 0. The molecule has 1 unspecified atom stereocenters. The highest BCUT2D eigenvalue weighted by atomic mass is 16.3. The number of benzene rings is 2. The number of hydrogen-bond donors (Lipinski definition) is 1. The predicted molar refractivity (Wildman–Crippen MR) is 85.2 cm³/mol. The summed E-state index contributed by atoms with van der Waals surface area (Å²) in [6.07, 6.45) is 1.41. The molecule has 2 aromatic carbocycles. The summed E-state index contributed by atoms with van der Waals surface area (Å²) in [6, 6.07) is 12.7. The van der Waals surface area contributed by atoms with E-state index in [1.54, 1.807) is 0 Å². The zero-order chi connectivity index (χ0) is 14.7. The quantitative estimate of drug-likeness (QED) is 0.865. The van der Waals surface area contributed by atoms with E-state index in [1.165, 1.54) is 11.1 Å². The van der Waals surface area contributed by atoms with Crippen molar-refractivity contribution in [2.45, 2.75) is 46.6 Å². The van der Waals surface area contributed by atoms with Gasteiger partial charge in [-0.05, 0) is 60.1 Å². The van der Waals surface area contributed by atoms with Crippen molar-refractivity contribution >= 4 is 0 Å². The number of aliphatic hydroxyl groups is 1. The van der Waals surface area contributed by atoms with Crippen molar-refractivity contribution in [2.24, 2.45) is 0 Å². The molecule has 0 aromatic heterocycles. The van der Waals surface area contributed by atoms with E-state index in [9.17, 15) is 5.11 Å². The van der Waals surface area contributed by atoms with Gasteiger partial charge in [-0.15, -0.1) is 0 Å². The van der Waals surface area contributed by atoms with Crippen LogP contribution in [-0.4, -0.2) is 5.11 Å². The van der Waals surface area contributed by atoms with Crippen LogP contribution >= 0.6 is 0 Å². The van der Waals surface area contributed by atoms with E-state index in [-0.39, 0.29) is 0 Å². The maximum atomic E-state index is 10.9. The monoisotopic (exact) mass is 268 g/mol. The van der Waals surface area contributed by atoms with E-state index in [2.05, 4.69) is 58.0 Å². The molecule has 0 radical (unpaired) electrons. The van der Waals surface area contributed by atoms with Gasteiger partial charge >= 0.3 is 0 Å². The van der Waals surface area contributed by atoms with Crippen LogP contribution in [0.1, 0.15) is 53.3 Å². The van der Waals surface area contributed by atoms with E-state index in [0.717, 1.165) is 35.1 Å². The molecule has 106 valence electrons. The Bertz CT molecular complexity index is 578. The summed E-state index contributed by atoms with van der Waals surface area (Å²) in [4.78, 5) is 0. The smallest absolute Gasteiger partial charge is 0.105 e. The third kappa shape index (κ3) is 2.78. The van der Waals surface area contributed by atoms with Gasteiger partial charge in [-0.1, -0.05) is 50.2 Å². The van der Waals surface area contributed by atoms with Crippen LogP contribution in [0.4, 0.5) is 0 Å². The Hall–Kier alpha value is -1.60. The first-order valence-electron chi connectivity index (χ1n) is 7.44. The fourth-order valence-corrected chi connectivity index (χ4v) is 2.85. The van der Waals surface area contributed by atoms with E-state index < -0.39 is 6.10 Å². The molecule has 1 atom stereocenters. The second-order valence-electron chi connectivity index (χ2n) is 5.45. The highest BCUT2D eigenvalue weighted by Crippen LogP contribution is 2.30. The molecule has 2 aromatic rings. The number of rotatable bonds is 4. The first-order valence-corrected chi connectivity index (χ1v) is 7.44. The van der Waals surface area contributed by atoms with Gasteiger partial charge in [0.2, 0.25) is 0 Å². The number of aryl methyl sites for hydroxylation is 4. The van der Waals surface area contributed by atoms with Gasteiger partial charge in [-0.25, -0.2) is 0 Å². The van der Waals surface area contributed by atoms with Gasteiger partial charge in [0.05, 0.1) is 0 Å². The standard InChI is InChI=1S/C19H24O/c1-5-15-10-11-16(6-2)17(12-15)19(20)18-13(3)8-7-9-14(18)4/h7-12,19-20H,5-6H2,1-4H3. The minimum absolute atomic E-state index is 0.530. The van der Waals surface area contributed by atoms with Crippen molar-refractivity contribution in [1.29, 1.82) is 0 Å². The van der Waals surface area contributed by atoms with Gasteiger partial charge in [0.25, 0.3) is 0 Å². The summed E-state index contributed by atoms with van der Waals surface area (Å²) < 4.78 is 0. The van der Waals surface area contributed by atoms with E-state index in [4.69, 9.17) is 0 Å². The molecule has 0 spiro atoms. The molecule has 0 heterocycles. The molecule has 0 fully saturated rings. The summed E-state index contributed by atoms with van der Waals surface area (Å²) in [5.41, 5.74) is 6.93. The van der Waals surface area contributed by atoms with Crippen molar-refractivity contribution in [3.8, 4) is 0 Å². The molecule has 1 heteroatoms. The van der Waals surface area contributed by atoms with Crippen LogP contribution in [0.15, 0.2) is 36.4 Å². The molecule has 1 nitrogen and oxygen atoms in total. The molecule has 0 aliphatic carbocycles. The summed E-state index contributed by atoms with van der Waals surface area (Å²) in [7, 11) is 0. The Labute approximate surface area is 122 Å². The van der Waals surface area contributed by atoms with Crippen LogP contribution in [-0.2, 0) is 12.8 Å². The van der Waals surface area contributed by atoms with Crippen molar-refractivity contribution in [2.75, 3.05) is 0 Å². The lowest BCUT2D eigenvalue weighted by atomic mass is 9.89. The van der Waals surface area contributed by atoms with Crippen molar-refractivity contribution in [3.05, 3.63) is 69.8 Å². The molecule has 1 N–H and O–H groups in total. The first kappa shape index (κ1) is 14.8. The van der Waals surface area contributed by atoms with E-state index in [0.29, 0.717) is 0 Å². The molecule has 0 aliphatic rings. The van der Waals surface area contributed by atoms with Crippen LogP contribution in [0.2, 0.25) is 0 Å². The fraction of sp³-hybridized carbons (Fsp3) is 0.368. The topological polar surface area (TPSA) is 20.2 Å². The fourth-order valence-electron chi connectivity index (χ4n) is 2.85. The molecular weight excluding hydrogens is 244 g/mol. The maximum absolute atomic E-state index is 10.9. The molecule has 0 amide bonds. The van der Waals surface area contributed by atoms with Gasteiger partial charge in [0, 0.05) is 0 Å². The van der Waals surface area contributed by atoms with Gasteiger partial charge in [0.15, 0.2) is 0 Å². The van der Waals surface area contributed by atoms with E-state index in [1.807, 2.05) is 6.07 Å². The summed E-state index contributed by atoms with van der Waals surface area (Å²) in [5, 5.41) is 10.9. The minimum atomic E-state index is -0.530. The van der Waals surface area contributed by atoms with Crippen molar-refractivity contribution < 1.29 is 5.11 Å². The second-order valence-corrected chi connectivity index (χ2v) is 5.45. The van der Waals surface area contributed by atoms with Crippen LogP contribution in [0.25, 0.3) is 0 Å². The Balaban J connectivity index is 2.55. The average Bonchev–Trinajstić information content (AvgIpc) is 2.46. The first-order chi connectivity index (χ1) is 9.58. The zero-order valence-electron chi connectivity index (χ0n) is 12.9. The molecular formula is C19H24O. The molecule has 0 saturated heterocycles. The van der Waals surface area contributed by atoms with E-state index >= 15 is 0 Å². The maximum Gasteiger partial charge on any atom is 0.105 e. The van der Waals surface area contributed by atoms with Crippen LogP contribution in [0, 0.1) is 13.8 Å². The Kier molecular flexibility index (Phi) is 4.61. The van der Waals surface area contributed by atoms with Gasteiger partial charge < -0.3 is 5.11 Å². The van der Waals surface area contributed by atoms with Crippen LogP contribution in [0.5, 0.6) is 0 Å². The Morgan fingerprint density at radius 3 is 2.15 bits per heavy atom. The lowest BCUT2D eigenvalue weighted by molar-refractivity contribution is 0.217. The molecule has 0 bridgehead atoms. The lowest BCUT2D eigenvalue weighted by Gasteiger charge is -2.20. The molecule has 0 saturated carbocycles. The normalized spacial score (nSPS) is 12.4. The molecule has 0 aliphatic heterocycles. The number of hydrogen-bond acceptors (Lipinski definition) is 1. The van der Waals surface area contributed by atoms with Crippen LogP contribution in [0.3, 0.4) is 0 Å². The van der Waals surface area contributed by atoms with Crippen LogP contribution < -0.4 is 0 Å². The molecule has 2 rings (SSSR count). The predicted octanol–water partition coefficient (Wildman–Crippen LogP) is 4.51. The minimum Gasteiger partial charge on any atom is -0.384 e. The SMILES string of the molecule is CCc1ccc(CC)c(C(O)c2c(C)cccc2C)c1. The highest BCUT2D eigenvalue weighted by molar-refractivity contribution is 5.44. The third-order valence-corrected chi connectivity index (χ3v) is 4.11. The lowest BCUT2D eigenvalue weighted by Crippen LogP contribution is -2.08. The second kappa shape index (κ2) is 6.23. The van der Waals surface area contributed by atoms with Crippen molar-refractivity contribution in [1.82, 2.24) is 0 Å². The summed E-state index contributed by atoms with van der Waals surface area (Å²) in [6.45, 7) is 8.43. The summed E-state index contributed by atoms with van der Waals surface area (Å²) in [5.74, 6) is 0.